The van der Waals surface area contributed by atoms with Crippen molar-refractivity contribution >= 4 is 28.5 Å². The van der Waals surface area contributed by atoms with Gasteiger partial charge in [-0.15, -0.1) is 0 Å². The van der Waals surface area contributed by atoms with Gasteiger partial charge in [-0.3, -0.25) is 0 Å². The molecule has 2 aromatic carbocycles. The highest BCUT2D eigenvalue weighted by Gasteiger charge is 2.06. The molecule has 1 heterocycles. The first-order valence-electron chi connectivity index (χ1n) is 8.19. The molecule has 5 heteroatoms. The van der Waals surface area contributed by atoms with Crippen LogP contribution in [0.25, 0.3) is 10.9 Å². The van der Waals surface area contributed by atoms with Crippen LogP contribution in [0.2, 0.25) is 0 Å². The van der Waals surface area contributed by atoms with Crippen LogP contribution in [0.5, 0.6) is 11.5 Å². The molecule has 0 aliphatic carbocycles. The topological polar surface area (TPSA) is 43.4 Å². The highest BCUT2D eigenvalue weighted by molar-refractivity contribution is 7.98. The van der Waals surface area contributed by atoms with Crippen LogP contribution in [0, 0.1) is 0 Å². The van der Waals surface area contributed by atoms with Gasteiger partial charge in [-0.2, -0.15) is 11.8 Å². The minimum atomic E-state index is 0.659. The molecule has 1 N–H and O–H groups in total. The Morgan fingerprint density at radius 2 is 1.84 bits per heavy atom. The van der Waals surface area contributed by atoms with Gasteiger partial charge in [-0.05, 0) is 36.6 Å². The lowest BCUT2D eigenvalue weighted by Gasteiger charge is -2.12. The minimum Gasteiger partial charge on any atom is -0.496 e. The average Bonchev–Trinajstić information content (AvgIpc) is 2.66. The number of pyridine rings is 1. The number of nitrogens with one attached hydrogen (secondary N) is 1. The van der Waals surface area contributed by atoms with E-state index in [1.54, 1.807) is 18.9 Å². The summed E-state index contributed by atoms with van der Waals surface area (Å²) in [6, 6.07) is 18.0. The number of ether oxygens (including phenoxy) is 2. The molecule has 0 aliphatic heterocycles. The molecule has 3 rings (SSSR count). The van der Waals surface area contributed by atoms with Crippen LogP contribution < -0.4 is 14.8 Å². The third kappa shape index (κ3) is 4.37. The second-order valence-corrected chi connectivity index (χ2v) is 6.51. The summed E-state index contributed by atoms with van der Waals surface area (Å²) in [6.45, 7) is 1.36. The number of rotatable bonds is 8. The molecule has 130 valence electrons. The molecule has 0 bridgehead atoms. The van der Waals surface area contributed by atoms with Gasteiger partial charge in [0, 0.05) is 23.2 Å². The van der Waals surface area contributed by atoms with E-state index in [0.717, 1.165) is 39.5 Å². The van der Waals surface area contributed by atoms with E-state index in [1.807, 2.05) is 48.5 Å². The van der Waals surface area contributed by atoms with E-state index in [-0.39, 0.29) is 0 Å². The fourth-order valence-corrected chi connectivity index (χ4v) is 2.87. The number of fused-ring (bicyclic) bond motifs is 1. The third-order valence-electron chi connectivity index (χ3n) is 3.89. The number of aromatic nitrogens is 1. The SMILES string of the molecule is COc1ccccc1CNc1ccc2c(OCCSC)cccc2n1. The number of benzene rings is 2. The van der Waals surface area contributed by atoms with Crippen molar-refractivity contribution in [1.82, 2.24) is 4.98 Å². The quantitative estimate of drug-likeness (QED) is 0.599. The second-order valence-electron chi connectivity index (χ2n) is 5.53. The summed E-state index contributed by atoms with van der Waals surface area (Å²) < 4.78 is 11.2. The number of methoxy groups -OCH3 is 1. The van der Waals surface area contributed by atoms with Crippen molar-refractivity contribution in [2.24, 2.45) is 0 Å². The molecule has 0 fully saturated rings. The van der Waals surface area contributed by atoms with Gasteiger partial charge in [-0.25, -0.2) is 4.98 Å². The minimum absolute atomic E-state index is 0.659. The molecular weight excluding hydrogens is 332 g/mol. The van der Waals surface area contributed by atoms with Crippen LogP contribution in [-0.4, -0.2) is 30.7 Å². The molecule has 1 aromatic heterocycles. The first kappa shape index (κ1) is 17.4. The zero-order chi connectivity index (χ0) is 17.5. The van der Waals surface area contributed by atoms with E-state index in [0.29, 0.717) is 13.2 Å². The first-order chi connectivity index (χ1) is 12.3. The number of para-hydroxylation sites is 1. The molecule has 4 nitrogen and oxygen atoms in total. The van der Waals surface area contributed by atoms with Gasteiger partial charge in [0.1, 0.15) is 17.3 Å². The van der Waals surface area contributed by atoms with Crippen LogP contribution in [0.15, 0.2) is 54.6 Å². The van der Waals surface area contributed by atoms with Crippen molar-refractivity contribution in [3.63, 3.8) is 0 Å². The van der Waals surface area contributed by atoms with E-state index in [4.69, 9.17) is 14.5 Å². The summed E-state index contributed by atoms with van der Waals surface area (Å²) in [4.78, 5) is 4.70. The van der Waals surface area contributed by atoms with Gasteiger partial charge >= 0.3 is 0 Å². The Bertz CT molecular complexity index is 839. The summed E-state index contributed by atoms with van der Waals surface area (Å²) in [6.07, 6.45) is 2.08. The predicted molar refractivity (Wildman–Crippen MR) is 106 cm³/mol. The molecule has 3 aromatic rings. The van der Waals surface area contributed by atoms with Crippen molar-refractivity contribution in [3.8, 4) is 11.5 Å². The Balaban J connectivity index is 1.75. The van der Waals surface area contributed by atoms with E-state index in [2.05, 4.69) is 17.6 Å². The zero-order valence-electron chi connectivity index (χ0n) is 14.5. The number of hydrogen-bond donors (Lipinski definition) is 1. The molecule has 0 spiro atoms. The lowest BCUT2D eigenvalue weighted by atomic mass is 10.2. The monoisotopic (exact) mass is 354 g/mol. The van der Waals surface area contributed by atoms with Crippen molar-refractivity contribution in [3.05, 3.63) is 60.2 Å². The van der Waals surface area contributed by atoms with Crippen LogP contribution in [0.3, 0.4) is 0 Å². The normalized spacial score (nSPS) is 10.6. The van der Waals surface area contributed by atoms with Gasteiger partial charge < -0.3 is 14.8 Å². The Labute approximate surface area is 152 Å². The van der Waals surface area contributed by atoms with Crippen molar-refractivity contribution in [2.45, 2.75) is 6.54 Å². The van der Waals surface area contributed by atoms with E-state index >= 15 is 0 Å². The summed E-state index contributed by atoms with van der Waals surface area (Å²) >= 11 is 1.78. The molecule has 0 radical (unpaired) electrons. The predicted octanol–water partition coefficient (Wildman–Crippen LogP) is 4.60. The van der Waals surface area contributed by atoms with Gasteiger partial charge in [0.25, 0.3) is 0 Å². The Morgan fingerprint density at radius 1 is 1.00 bits per heavy atom. The van der Waals surface area contributed by atoms with E-state index in [9.17, 15) is 0 Å². The average molecular weight is 354 g/mol. The molecule has 0 atom stereocenters. The highest BCUT2D eigenvalue weighted by atomic mass is 32.2. The molecule has 0 amide bonds. The summed E-state index contributed by atoms with van der Waals surface area (Å²) in [5.41, 5.74) is 2.02. The van der Waals surface area contributed by atoms with E-state index in [1.165, 1.54) is 0 Å². The van der Waals surface area contributed by atoms with Crippen molar-refractivity contribution < 1.29 is 9.47 Å². The van der Waals surface area contributed by atoms with Gasteiger partial charge in [0.15, 0.2) is 0 Å². The van der Waals surface area contributed by atoms with Gasteiger partial charge in [0.2, 0.25) is 0 Å². The van der Waals surface area contributed by atoms with Crippen molar-refractivity contribution in [2.75, 3.05) is 31.0 Å². The van der Waals surface area contributed by atoms with Crippen LogP contribution in [0.1, 0.15) is 5.56 Å². The fourth-order valence-electron chi connectivity index (χ4n) is 2.62. The first-order valence-corrected chi connectivity index (χ1v) is 9.58. The number of nitrogens with zero attached hydrogens (tertiary/aromatic N) is 1. The Kier molecular flexibility index (Phi) is 6.01. The fraction of sp³-hybridized carbons (Fsp3) is 0.250. The second kappa shape index (κ2) is 8.62. The van der Waals surface area contributed by atoms with Crippen LogP contribution in [-0.2, 0) is 6.54 Å². The van der Waals surface area contributed by atoms with Crippen molar-refractivity contribution in [1.29, 1.82) is 0 Å². The number of anilines is 1. The molecule has 25 heavy (non-hydrogen) atoms. The number of hydrogen-bond acceptors (Lipinski definition) is 5. The largest absolute Gasteiger partial charge is 0.496 e. The lowest BCUT2D eigenvalue weighted by Crippen LogP contribution is -2.04. The smallest absolute Gasteiger partial charge is 0.128 e. The van der Waals surface area contributed by atoms with Gasteiger partial charge in [-0.1, -0.05) is 24.3 Å². The lowest BCUT2D eigenvalue weighted by molar-refractivity contribution is 0.348. The van der Waals surface area contributed by atoms with Crippen LogP contribution in [0.4, 0.5) is 5.82 Å². The number of thioether (sulfide) groups is 1. The Morgan fingerprint density at radius 3 is 2.68 bits per heavy atom. The summed E-state index contributed by atoms with van der Waals surface area (Å²) in [5, 5.41) is 4.40. The summed E-state index contributed by atoms with van der Waals surface area (Å²) in [7, 11) is 1.69. The van der Waals surface area contributed by atoms with E-state index < -0.39 is 0 Å². The zero-order valence-corrected chi connectivity index (χ0v) is 15.3. The molecular formula is C20H22N2O2S. The molecule has 0 saturated heterocycles. The maximum atomic E-state index is 5.86. The maximum absolute atomic E-state index is 5.86. The van der Waals surface area contributed by atoms with Crippen LogP contribution >= 0.6 is 11.8 Å². The Hall–Kier alpha value is -2.40. The molecule has 0 saturated carbocycles. The summed E-state index contributed by atoms with van der Waals surface area (Å²) in [5.74, 6) is 3.57. The standard InChI is InChI=1S/C20H22N2O2S/c1-23-18-8-4-3-6-15(18)14-21-20-11-10-16-17(22-20)7-5-9-19(16)24-12-13-25-2/h3-11H,12-14H2,1-2H3,(H,21,22). The van der Waals surface area contributed by atoms with Gasteiger partial charge in [0.05, 0.1) is 19.2 Å². The third-order valence-corrected chi connectivity index (χ3v) is 4.46. The maximum Gasteiger partial charge on any atom is 0.128 e. The highest BCUT2D eigenvalue weighted by Crippen LogP contribution is 2.26. The molecule has 0 unspecified atom stereocenters. The molecule has 0 aliphatic rings.